The lowest BCUT2D eigenvalue weighted by atomic mass is 10.0. The van der Waals surface area contributed by atoms with Crippen molar-refractivity contribution in [3.8, 4) is 0 Å². The van der Waals surface area contributed by atoms with Crippen LogP contribution in [0.25, 0.3) is 0 Å². The highest BCUT2D eigenvalue weighted by Crippen LogP contribution is 2.27. The minimum atomic E-state index is 0.0530. The Morgan fingerprint density at radius 3 is 2.40 bits per heavy atom. The quantitative estimate of drug-likeness (QED) is 0.273. The van der Waals surface area contributed by atoms with Crippen LogP contribution in [-0.4, -0.2) is 42.0 Å². The van der Waals surface area contributed by atoms with E-state index >= 15 is 0 Å². The summed E-state index contributed by atoms with van der Waals surface area (Å²) in [5, 5.41) is 3.09. The van der Waals surface area contributed by atoms with Crippen LogP contribution in [-0.2, 0) is 4.79 Å². The van der Waals surface area contributed by atoms with Crippen LogP contribution in [0.1, 0.15) is 85.0 Å². The molecule has 1 amide bonds. The van der Waals surface area contributed by atoms with Gasteiger partial charge in [-0.25, -0.2) is 4.99 Å². The number of quaternary nitrogens is 1. The average molecular weight is 351 g/mol. The summed E-state index contributed by atoms with van der Waals surface area (Å²) in [5.41, 5.74) is 0. The van der Waals surface area contributed by atoms with Crippen LogP contribution in [0.3, 0.4) is 0 Å². The second-order valence-corrected chi connectivity index (χ2v) is 7.48. The van der Waals surface area contributed by atoms with E-state index in [-0.39, 0.29) is 12.1 Å². The lowest BCUT2D eigenvalue weighted by molar-refractivity contribution is -0.959. The van der Waals surface area contributed by atoms with Crippen molar-refractivity contribution in [1.29, 1.82) is 0 Å². The zero-order valence-electron chi connectivity index (χ0n) is 16.8. The van der Waals surface area contributed by atoms with E-state index in [2.05, 4.69) is 32.0 Å². The highest BCUT2D eigenvalue weighted by Gasteiger charge is 2.42. The monoisotopic (exact) mass is 350 g/mol. The first kappa shape index (κ1) is 21.9. The molecule has 1 N–H and O–H groups in total. The Balaban J connectivity index is 2.23. The summed E-state index contributed by atoms with van der Waals surface area (Å²) in [5.74, 6) is 0.0530. The third kappa shape index (κ3) is 7.31. The molecule has 1 aliphatic heterocycles. The van der Waals surface area contributed by atoms with Crippen LogP contribution in [0.15, 0.2) is 17.6 Å². The van der Waals surface area contributed by atoms with E-state index in [1.165, 1.54) is 51.4 Å². The Labute approximate surface area is 155 Å². The number of rotatable bonds is 14. The molecule has 0 aromatic rings. The van der Waals surface area contributed by atoms with E-state index in [1.807, 2.05) is 6.08 Å². The molecule has 25 heavy (non-hydrogen) atoms. The van der Waals surface area contributed by atoms with Crippen molar-refractivity contribution in [3.05, 3.63) is 12.7 Å². The van der Waals surface area contributed by atoms with Crippen molar-refractivity contribution in [2.24, 2.45) is 4.99 Å². The number of hydrogen-bond acceptors (Lipinski definition) is 2. The van der Waals surface area contributed by atoms with Crippen LogP contribution >= 0.6 is 0 Å². The van der Waals surface area contributed by atoms with Crippen molar-refractivity contribution in [2.75, 3.05) is 13.1 Å². The average Bonchev–Trinajstić information content (AvgIpc) is 3.00. The maximum atomic E-state index is 11.5. The lowest BCUT2D eigenvalue weighted by Crippen LogP contribution is -2.63. The summed E-state index contributed by atoms with van der Waals surface area (Å²) in [6, 6.07) is 0. The predicted molar refractivity (Wildman–Crippen MR) is 108 cm³/mol. The third-order valence-corrected chi connectivity index (χ3v) is 5.69. The minimum absolute atomic E-state index is 0.0530. The molecule has 0 radical (unpaired) electrons. The normalized spacial score (nSPS) is 23.6. The Hall–Kier alpha value is -1.16. The van der Waals surface area contributed by atoms with E-state index in [0.29, 0.717) is 6.17 Å². The number of carbonyl (C=O) groups is 1. The first-order valence-corrected chi connectivity index (χ1v) is 10.3. The molecule has 0 fully saturated rings. The summed E-state index contributed by atoms with van der Waals surface area (Å²) in [7, 11) is 0. The van der Waals surface area contributed by atoms with Crippen molar-refractivity contribution in [3.63, 3.8) is 0 Å². The van der Waals surface area contributed by atoms with Gasteiger partial charge in [-0.2, -0.15) is 0 Å². The van der Waals surface area contributed by atoms with Gasteiger partial charge in [-0.15, -0.1) is 6.58 Å². The van der Waals surface area contributed by atoms with E-state index in [4.69, 9.17) is 4.99 Å². The molecule has 144 valence electrons. The molecule has 0 spiro atoms. The number of nitrogens with zero attached hydrogens (tertiary/aromatic N) is 2. The number of carbonyl (C=O) groups excluding carboxylic acids is 1. The van der Waals surface area contributed by atoms with E-state index in [1.54, 1.807) is 6.92 Å². The Morgan fingerprint density at radius 2 is 1.84 bits per heavy atom. The summed E-state index contributed by atoms with van der Waals surface area (Å²) in [4.78, 5) is 16.2. The zero-order valence-corrected chi connectivity index (χ0v) is 16.8. The molecule has 1 rings (SSSR count). The van der Waals surface area contributed by atoms with Crippen molar-refractivity contribution in [1.82, 2.24) is 5.32 Å². The summed E-state index contributed by atoms with van der Waals surface area (Å²) < 4.78 is 0.878. The molecule has 0 aromatic carbocycles. The van der Waals surface area contributed by atoms with Gasteiger partial charge in [0.05, 0.1) is 12.8 Å². The SMILES string of the molecule is C=CCCCCCCCCCCC1N=CC[N+]1(CC)C(C)NC(C)=O. The first-order chi connectivity index (χ1) is 12.1. The number of aliphatic imine (C=N–C) groups is 1. The maximum Gasteiger partial charge on any atom is 0.221 e. The largest absolute Gasteiger partial charge is 0.307 e. The van der Waals surface area contributed by atoms with E-state index in [0.717, 1.165) is 30.4 Å². The first-order valence-electron chi connectivity index (χ1n) is 10.3. The molecule has 3 unspecified atom stereocenters. The topological polar surface area (TPSA) is 41.5 Å². The Kier molecular flexibility index (Phi) is 10.7. The Morgan fingerprint density at radius 1 is 1.24 bits per heavy atom. The van der Waals surface area contributed by atoms with E-state index in [9.17, 15) is 4.79 Å². The van der Waals surface area contributed by atoms with Gasteiger partial charge < -0.3 is 5.32 Å². The second-order valence-electron chi connectivity index (χ2n) is 7.48. The summed E-state index contributed by atoms with van der Waals surface area (Å²) in [6.07, 6.45) is 17.4. The molecule has 1 aliphatic rings. The highest BCUT2D eigenvalue weighted by atomic mass is 16.1. The number of unbranched alkanes of at least 4 members (excludes halogenated alkanes) is 8. The number of allylic oxidation sites excluding steroid dienone is 1. The summed E-state index contributed by atoms with van der Waals surface area (Å²) >= 11 is 0. The molecular weight excluding hydrogens is 310 g/mol. The molecule has 1 heterocycles. The highest BCUT2D eigenvalue weighted by molar-refractivity contribution is 5.73. The molecule has 0 saturated carbocycles. The molecule has 0 aromatic heterocycles. The smallest absolute Gasteiger partial charge is 0.221 e. The molecular formula is C21H40N3O+. The zero-order chi connectivity index (χ0) is 18.5. The van der Waals surface area contributed by atoms with Crippen molar-refractivity contribution in [2.45, 2.75) is 97.3 Å². The fourth-order valence-electron chi connectivity index (χ4n) is 4.04. The van der Waals surface area contributed by atoms with Crippen molar-refractivity contribution >= 4 is 12.1 Å². The molecule has 3 atom stereocenters. The second kappa shape index (κ2) is 12.2. The Bertz CT molecular complexity index is 421. The lowest BCUT2D eigenvalue weighted by Gasteiger charge is -2.42. The summed E-state index contributed by atoms with van der Waals surface area (Å²) in [6.45, 7) is 11.7. The molecule has 4 nitrogen and oxygen atoms in total. The molecule has 0 saturated heterocycles. The fraction of sp³-hybridized carbons (Fsp3) is 0.810. The van der Waals surface area contributed by atoms with Crippen LogP contribution in [0, 0.1) is 0 Å². The molecule has 0 bridgehead atoms. The molecule has 4 heteroatoms. The molecule has 0 aliphatic carbocycles. The van der Waals surface area contributed by atoms with Gasteiger partial charge in [0.2, 0.25) is 5.91 Å². The van der Waals surface area contributed by atoms with E-state index < -0.39 is 0 Å². The minimum Gasteiger partial charge on any atom is -0.307 e. The van der Waals surface area contributed by atoms with Crippen LogP contribution in [0.2, 0.25) is 0 Å². The maximum absolute atomic E-state index is 11.5. The van der Waals surface area contributed by atoms with Gasteiger partial charge in [0.1, 0.15) is 6.54 Å². The number of hydrogen-bond donors (Lipinski definition) is 1. The number of nitrogens with one attached hydrogen (secondary N) is 1. The van der Waals surface area contributed by atoms with Crippen molar-refractivity contribution < 1.29 is 9.28 Å². The van der Waals surface area contributed by atoms with Gasteiger partial charge in [0.15, 0.2) is 12.3 Å². The van der Waals surface area contributed by atoms with Gasteiger partial charge in [-0.3, -0.25) is 9.28 Å². The van der Waals surface area contributed by atoms with Gasteiger partial charge in [0, 0.05) is 20.3 Å². The van der Waals surface area contributed by atoms with Crippen LogP contribution in [0.4, 0.5) is 0 Å². The fourth-order valence-corrected chi connectivity index (χ4v) is 4.04. The third-order valence-electron chi connectivity index (χ3n) is 5.69. The van der Waals surface area contributed by atoms with Gasteiger partial charge in [-0.05, 0) is 26.2 Å². The predicted octanol–water partition coefficient (Wildman–Crippen LogP) is 4.80. The van der Waals surface area contributed by atoms with Gasteiger partial charge in [0.25, 0.3) is 0 Å². The standard InChI is InChI=1S/C21H39N3O/c1-5-7-8-9-10-11-12-13-14-15-16-21-22-17-18-24(21,6-2)19(3)23-20(4)25/h5,17,19,21H,1,6-16,18H2,2-4H3/p+1. The van der Waals surface area contributed by atoms with Gasteiger partial charge >= 0.3 is 0 Å². The van der Waals surface area contributed by atoms with Crippen LogP contribution in [0.5, 0.6) is 0 Å². The number of amides is 1. The van der Waals surface area contributed by atoms with Crippen LogP contribution < -0.4 is 5.32 Å². The van der Waals surface area contributed by atoms with Gasteiger partial charge in [-0.1, -0.05) is 44.6 Å².